The van der Waals surface area contributed by atoms with Crippen molar-refractivity contribution in [1.29, 1.82) is 0 Å². The second kappa shape index (κ2) is 10.2. The maximum absolute atomic E-state index is 13.2. The monoisotopic (exact) mass is 460 g/mol. The van der Waals surface area contributed by atoms with Crippen molar-refractivity contribution >= 4 is 17.7 Å². The molecule has 3 amide bonds. The minimum absolute atomic E-state index is 0.157. The summed E-state index contributed by atoms with van der Waals surface area (Å²) < 4.78 is 6.85. The molecular weight excluding hydrogens is 424 g/mol. The maximum atomic E-state index is 13.2. The number of nitrogens with one attached hydrogen (secondary N) is 2. The van der Waals surface area contributed by atoms with E-state index in [1.807, 2.05) is 0 Å². The predicted octanol–water partition coefficient (Wildman–Crippen LogP) is 0.628. The van der Waals surface area contributed by atoms with Crippen molar-refractivity contribution in [2.24, 2.45) is 0 Å². The van der Waals surface area contributed by atoms with Crippen LogP contribution in [0.2, 0.25) is 0 Å². The number of likely N-dealkylation sites (N-methyl/N-ethyl adjacent to an activating group) is 1. The zero-order valence-corrected chi connectivity index (χ0v) is 19.8. The molecule has 1 atom stereocenters. The quantitative estimate of drug-likeness (QED) is 0.578. The molecule has 1 unspecified atom stereocenters. The van der Waals surface area contributed by atoms with Crippen molar-refractivity contribution in [2.45, 2.75) is 63.6 Å². The van der Waals surface area contributed by atoms with E-state index >= 15 is 0 Å². The van der Waals surface area contributed by atoms with E-state index in [9.17, 15) is 14.4 Å². The Kier molecular flexibility index (Phi) is 7.33. The van der Waals surface area contributed by atoms with Crippen LogP contribution in [0.1, 0.15) is 66.4 Å². The van der Waals surface area contributed by atoms with Gasteiger partial charge in [0, 0.05) is 38.8 Å². The summed E-state index contributed by atoms with van der Waals surface area (Å²) in [5.74, 6) is -0.774. The van der Waals surface area contributed by atoms with Crippen molar-refractivity contribution in [3.8, 4) is 0 Å². The van der Waals surface area contributed by atoms with Crippen LogP contribution in [0.25, 0.3) is 0 Å². The van der Waals surface area contributed by atoms with Crippen LogP contribution in [0.5, 0.6) is 0 Å². The number of fused-ring (bicyclic) bond motifs is 1. The minimum atomic E-state index is -1.06. The van der Waals surface area contributed by atoms with Gasteiger partial charge in [0.2, 0.25) is 5.91 Å². The van der Waals surface area contributed by atoms with E-state index in [4.69, 9.17) is 4.74 Å². The fraction of sp³-hybridized carbons (Fsp3) is 0.739. The first-order valence-electron chi connectivity index (χ1n) is 12.1. The molecule has 3 aliphatic rings. The average molecular weight is 461 g/mol. The maximum Gasteiger partial charge on any atom is 0.272 e. The third-order valence-electron chi connectivity index (χ3n) is 7.20. The van der Waals surface area contributed by atoms with Gasteiger partial charge in [0.25, 0.3) is 11.8 Å². The third kappa shape index (κ3) is 5.22. The lowest BCUT2D eigenvalue weighted by Gasteiger charge is -2.41. The van der Waals surface area contributed by atoms with E-state index in [0.717, 1.165) is 65.0 Å². The van der Waals surface area contributed by atoms with E-state index < -0.39 is 5.54 Å². The summed E-state index contributed by atoms with van der Waals surface area (Å²) in [6.07, 6.45) is 6.22. The summed E-state index contributed by atoms with van der Waals surface area (Å²) in [6, 6.07) is 1.68. The standard InChI is InChI=1S/C23H36N6O4/c1-23(22(32)25-17-7-4-3-5-8-17)16-29-19(21(31)27(23)2)15-18(26-29)20(30)24-9-6-10-28-11-13-33-14-12-28/h15,17H,3-14,16H2,1-2H3,(H,24,30)(H,25,32). The Hall–Kier alpha value is -2.46. The molecule has 0 radical (unpaired) electrons. The van der Waals surface area contributed by atoms with Gasteiger partial charge in [-0.3, -0.25) is 24.0 Å². The number of carbonyl (C=O) groups is 3. The zero-order chi connectivity index (χ0) is 23.4. The molecule has 33 heavy (non-hydrogen) atoms. The number of hydrogen-bond donors (Lipinski definition) is 2. The summed E-state index contributed by atoms with van der Waals surface area (Å²) in [7, 11) is 1.64. The molecule has 0 spiro atoms. The molecule has 2 N–H and O–H groups in total. The molecule has 0 aromatic carbocycles. The molecule has 4 rings (SSSR count). The second-order valence-electron chi connectivity index (χ2n) is 9.58. The van der Waals surface area contributed by atoms with E-state index in [1.54, 1.807) is 14.0 Å². The highest BCUT2D eigenvalue weighted by Crippen LogP contribution is 2.27. The lowest BCUT2D eigenvalue weighted by molar-refractivity contribution is -0.133. The van der Waals surface area contributed by atoms with Gasteiger partial charge >= 0.3 is 0 Å². The Morgan fingerprint density at radius 1 is 1.21 bits per heavy atom. The Morgan fingerprint density at radius 2 is 1.94 bits per heavy atom. The number of carbonyl (C=O) groups excluding carboxylic acids is 3. The summed E-state index contributed by atoms with van der Waals surface area (Å²) in [4.78, 5) is 42.6. The van der Waals surface area contributed by atoms with Gasteiger partial charge in [-0.2, -0.15) is 5.10 Å². The van der Waals surface area contributed by atoms with Gasteiger partial charge in [0.05, 0.1) is 19.8 Å². The molecule has 10 heteroatoms. The predicted molar refractivity (Wildman–Crippen MR) is 122 cm³/mol. The number of aromatic nitrogens is 2. The molecule has 1 aromatic rings. The highest BCUT2D eigenvalue weighted by molar-refractivity contribution is 6.01. The summed E-state index contributed by atoms with van der Waals surface area (Å²) in [5.41, 5.74) is -0.520. The number of ether oxygens (including phenoxy) is 1. The number of hydrogen-bond acceptors (Lipinski definition) is 6. The molecule has 3 heterocycles. The highest BCUT2D eigenvalue weighted by atomic mass is 16.5. The normalized spacial score (nSPS) is 24.4. The summed E-state index contributed by atoms with van der Waals surface area (Å²) in [5, 5.41) is 10.4. The number of nitrogens with zero attached hydrogens (tertiary/aromatic N) is 4. The van der Waals surface area contributed by atoms with Crippen LogP contribution >= 0.6 is 0 Å². The van der Waals surface area contributed by atoms with Crippen LogP contribution in [-0.2, 0) is 16.1 Å². The molecule has 182 valence electrons. The zero-order valence-electron chi connectivity index (χ0n) is 19.8. The molecule has 1 aliphatic carbocycles. The molecule has 1 aromatic heterocycles. The van der Waals surface area contributed by atoms with Gasteiger partial charge in [0.15, 0.2) is 5.69 Å². The van der Waals surface area contributed by atoms with Crippen LogP contribution in [0.4, 0.5) is 0 Å². The Bertz CT molecular complexity index is 874. The van der Waals surface area contributed by atoms with Gasteiger partial charge in [-0.15, -0.1) is 0 Å². The number of rotatable bonds is 7. The Labute approximate surface area is 195 Å². The molecular formula is C23H36N6O4. The lowest BCUT2D eigenvalue weighted by Crippen LogP contribution is -2.63. The fourth-order valence-electron chi connectivity index (χ4n) is 4.85. The van der Waals surface area contributed by atoms with Gasteiger partial charge in [0.1, 0.15) is 11.2 Å². The first-order valence-corrected chi connectivity index (χ1v) is 12.1. The van der Waals surface area contributed by atoms with Crippen molar-refractivity contribution in [1.82, 2.24) is 30.2 Å². The third-order valence-corrected chi connectivity index (χ3v) is 7.20. The van der Waals surface area contributed by atoms with E-state index in [0.29, 0.717) is 12.2 Å². The lowest BCUT2D eigenvalue weighted by atomic mass is 9.92. The van der Waals surface area contributed by atoms with Crippen molar-refractivity contribution in [2.75, 3.05) is 46.4 Å². The van der Waals surface area contributed by atoms with Crippen LogP contribution in [0, 0.1) is 0 Å². The summed E-state index contributed by atoms with van der Waals surface area (Å²) in [6.45, 7) is 6.77. The summed E-state index contributed by atoms with van der Waals surface area (Å²) >= 11 is 0. The van der Waals surface area contributed by atoms with Crippen molar-refractivity contribution in [3.63, 3.8) is 0 Å². The van der Waals surface area contributed by atoms with Crippen molar-refractivity contribution in [3.05, 3.63) is 17.5 Å². The topological polar surface area (TPSA) is 109 Å². The van der Waals surface area contributed by atoms with E-state index in [1.165, 1.54) is 22.1 Å². The van der Waals surface area contributed by atoms with Crippen molar-refractivity contribution < 1.29 is 19.1 Å². The Morgan fingerprint density at radius 3 is 2.67 bits per heavy atom. The van der Waals surface area contributed by atoms with Gasteiger partial charge in [-0.05, 0) is 32.7 Å². The average Bonchev–Trinajstić information content (AvgIpc) is 3.25. The number of morpholine rings is 1. The first kappa shape index (κ1) is 23.7. The molecule has 1 saturated heterocycles. The molecule has 2 fully saturated rings. The second-order valence-corrected chi connectivity index (χ2v) is 9.58. The van der Waals surface area contributed by atoms with Crippen LogP contribution in [0.3, 0.4) is 0 Å². The molecule has 1 saturated carbocycles. The fourth-order valence-corrected chi connectivity index (χ4v) is 4.85. The molecule has 2 aliphatic heterocycles. The van der Waals surface area contributed by atoms with Crippen LogP contribution in [0.15, 0.2) is 6.07 Å². The van der Waals surface area contributed by atoms with Gasteiger partial charge < -0.3 is 20.3 Å². The first-order chi connectivity index (χ1) is 15.9. The van der Waals surface area contributed by atoms with Gasteiger partial charge in [-0.25, -0.2) is 0 Å². The van der Waals surface area contributed by atoms with Gasteiger partial charge in [-0.1, -0.05) is 19.3 Å². The largest absolute Gasteiger partial charge is 0.379 e. The highest BCUT2D eigenvalue weighted by Gasteiger charge is 2.46. The Balaban J connectivity index is 1.36. The minimum Gasteiger partial charge on any atom is -0.379 e. The molecule has 0 bridgehead atoms. The smallest absolute Gasteiger partial charge is 0.272 e. The molecule has 10 nitrogen and oxygen atoms in total. The van der Waals surface area contributed by atoms with Crippen LogP contribution in [-0.4, -0.2) is 95.3 Å². The van der Waals surface area contributed by atoms with Crippen LogP contribution < -0.4 is 10.6 Å². The van der Waals surface area contributed by atoms with E-state index in [2.05, 4.69) is 20.6 Å². The number of amides is 3. The SMILES string of the molecule is CN1C(=O)c2cc(C(=O)NCCCN3CCOCC3)nn2CC1(C)C(=O)NC1CCCCC1. The van der Waals surface area contributed by atoms with E-state index in [-0.39, 0.29) is 36.0 Å².